The highest BCUT2D eigenvalue weighted by atomic mass is 14.9. The van der Waals surface area contributed by atoms with Gasteiger partial charge in [0.2, 0.25) is 5.82 Å². The molecule has 1 heterocycles. The van der Waals surface area contributed by atoms with Gasteiger partial charge in [0.1, 0.15) is 0 Å². The summed E-state index contributed by atoms with van der Waals surface area (Å²) in [6.45, 7) is 0. The molecule has 1 aromatic heterocycles. The minimum atomic E-state index is 0.642. The van der Waals surface area contributed by atoms with Crippen LogP contribution < -0.4 is 10.7 Å². The van der Waals surface area contributed by atoms with Crippen molar-refractivity contribution in [3.05, 3.63) is 66.7 Å². The highest BCUT2D eigenvalue weighted by Gasteiger charge is 2.14. The fourth-order valence-electron chi connectivity index (χ4n) is 2.70. The van der Waals surface area contributed by atoms with Gasteiger partial charge in [0.05, 0.1) is 10.9 Å². The van der Waals surface area contributed by atoms with Gasteiger partial charge in [-0.25, -0.2) is 4.98 Å². The molecule has 3 N–H and O–H groups in total. The molecule has 3 nitrogen and oxygen atoms in total. The number of rotatable bonds is 1. The van der Waals surface area contributed by atoms with Crippen LogP contribution in [0.5, 0.6) is 0 Å². The van der Waals surface area contributed by atoms with E-state index < -0.39 is 0 Å². The van der Waals surface area contributed by atoms with Crippen LogP contribution in [-0.2, 0) is 0 Å². The van der Waals surface area contributed by atoms with E-state index >= 15 is 0 Å². The molecule has 4 aromatic rings. The second-order valence-electron chi connectivity index (χ2n) is 5.04. The van der Waals surface area contributed by atoms with Crippen molar-refractivity contribution < 1.29 is 4.98 Å². The summed E-state index contributed by atoms with van der Waals surface area (Å²) in [5.74, 6) is 1.44. The van der Waals surface area contributed by atoms with E-state index in [1.165, 1.54) is 10.8 Å². The molecule has 0 saturated heterocycles. The van der Waals surface area contributed by atoms with Crippen molar-refractivity contribution in [2.45, 2.75) is 0 Å². The van der Waals surface area contributed by atoms with Crippen LogP contribution in [0.2, 0.25) is 0 Å². The minimum Gasteiger partial charge on any atom is -0.318 e. The lowest BCUT2D eigenvalue weighted by molar-refractivity contribution is -0.349. The summed E-state index contributed by atoms with van der Waals surface area (Å²) < 4.78 is 0. The van der Waals surface area contributed by atoms with E-state index in [1.807, 2.05) is 42.5 Å². The van der Waals surface area contributed by atoms with Gasteiger partial charge < -0.3 is 5.73 Å². The van der Waals surface area contributed by atoms with Gasteiger partial charge in [0, 0.05) is 0 Å². The number of nitrogens with one attached hydrogen (secondary N) is 1. The molecular weight excluding hydrogens is 258 g/mol. The molecule has 0 radical (unpaired) electrons. The van der Waals surface area contributed by atoms with Crippen molar-refractivity contribution in [3.8, 4) is 11.4 Å². The summed E-state index contributed by atoms with van der Waals surface area (Å²) in [5.41, 5.74) is 8.10. The Morgan fingerprint density at radius 1 is 0.762 bits per heavy atom. The van der Waals surface area contributed by atoms with Gasteiger partial charge in [-0.1, -0.05) is 48.5 Å². The molecule has 21 heavy (non-hydrogen) atoms. The average molecular weight is 272 g/mol. The number of aromatic nitrogens is 2. The van der Waals surface area contributed by atoms with Crippen LogP contribution >= 0.6 is 0 Å². The zero-order chi connectivity index (χ0) is 14.2. The first-order valence-corrected chi connectivity index (χ1v) is 6.88. The fourth-order valence-corrected chi connectivity index (χ4v) is 2.70. The average Bonchev–Trinajstić information content (AvgIpc) is 2.54. The molecule has 3 heteroatoms. The summed E-state index contributed by atoms with van der Waals surface area (Å²) in [6.07, 6.45) is 0. The SMILES string of the molecule is Nc1[nH+]c(-c2cccc3ccccc23)nc2ccccc12. The zero-order valence-electron chi connectivity index (χ0n) is 11.4. The first-order chi connectivity index (χ1) is 10.3. The van der Waals surface area contributed by atoms with E-state index in [1.54, 1.807) is 0 Å². The number of H-pyrrole nitrogens is 1. The second-order valence-corrected chi connectivity index (χ2v) is 5.04. The maximum Gasteiger partial charge on any atom is 0.268 e. The second kappa shape index (κ2) is 4.56. The molecule has 0 bridgehead atoms. The van der Waals surface area contributed by atoms with E-state index in [-0.39, 0.29) is 0 Å². The first kappa shape index (κ1) is 11.9. The Bertz CT molecular complexity index is 955. The van der Waals surface area contributed by atoms with Crippen molar-refractivity contribution in [1.82, 2.24) is 4.98 Å². The van der Waals surface area contributed by atoms with Crippen LogP contribution in [0.15, 0.2) is 66.7 Å². The Hall–Kier alpha value is -2.94. The van der Waals surface area contributed by atoms with E-state index in [4.69, 9.17) is 10.7 Å². The van der Waals surface area contributed by atoms with E-state index in [9.17, 15) is 0 Å². The molecule has 3 aromatic carbocycles. The standard InChI is InChI=1S/C18H13N3/c19-17-15-9-3-4-11-16(15)20-18(21-17)14-10-5-7-12-6-1-2-8-13(12)14/h1-11H,(H2,19,20,21)/p+1. The van der Waals surface area contributed by atoms with Crippen molar-refractivity contribution in [2.24, 2.45) is 0 Å². The van der Waals surface area contributed by atoms with Gasteiger partial charge in [-0.2, -0.15) is 0 Å². The fraction of sp³-hybridized carbons (Fsp3) is 0. The lowest BCUT2D eigenvalue weighted by Gasteiger charge is -2.04. The monoisotopic (exact) mass is 272 g/mol. The highest BCUT2D eigenvalue weighted by molar-refractivity contribution is 5.95. The molecular formula is C18H14N3+. The number of aromatic amines is 1. The van der Waals surface area contributed by atoms with Gasteiger partial charge in [0.25, 0.3) is 5.82 Å². The number of fused-ring (bicyclic) bond motifs is 2. The molecule has 0 saturated carbocycles. The maximum atomic E-state index is 6.14. The largest absolute Gasteiger partial charge is 0.318 e. The molecule has 0 aliphatic heterocycles. The topological polar surface area (TPSA) is 53.0 Å². The summed E-state index contributed by atoms with van der Waals surface area (Å²) >= 11 is 0. The van der Waals surface area contributed by atoms with Crippen LogP contribution in [0.3, 0.4) is 0 Å². The third-order valence-electron chi connectivity index (χ3n) is 3.72. The molecule has 100 valence electrons. The van der Waals surface area contributed by atoms with E-state index in [2.05, 4.69) is 29.2 Å². The van der Waals surface area contributed by atoms with E-state index in [0.717, 1.165) is 22.3 Å². The summed E-state index contributed by atoms with van der Waals surface area (Å²) in [6, 6.07) is 22.4. The van der Waals surface area contributed by atoms with Gasteiger partial charge in [0.15, 0.2) is 5.52 Å². The molecule has 0 amide bonds. The molecule has 0 spiro atoms. The summed E-state index contributed by atoms with van der Waals surface area (Å²) in [4.78, 5) is 7.95. The Morgan fingerprint density at radius 2 is 1.48 bits per heavy atom. The number of hydrogen-bond acceptors (Lipinski definition) is 2. The number of hydrogen-bond donors (Lipinski definition) is 1. The Balaban J connectivity index is 2.05. The number of nitrogens with zero attached hydrogens (tertiary/aromatic N) is 1. The normalized spacial score (nSPS) is 11.0. The van der Waals surface area contributed by atoms with Gasteiger partial charge >= 0.3 is 0 Å². The Labute approximate surface area is 122 Å². The smallest absolute Gasteiger partial charge is 0.268 e. The quantitative estimate of drug-likeness (QED) is 0.577. The molecule has 0 aliphatic rings. The first-order valence-electron chi connectivity index (χ1n) is 6.88. The summed E-state index contributed by atoms with van der Waals surface area (Å²) in [7, 11) is 0. The molecule has 4 rings (SSSR count). The van der Waals surface area contributed by atoms with Crippen LogP contribution in [0.4, 0.5) is 5.82 Å². The number of nitrogen functional groups attached to an aromatic ring is 1. The molecule has 0 aliphatic carbocycles. The Kier molecular flexibility index (Phi) is 2.57. The van der Waals surface area contributed by atoms with Gasteiger partial charge in [-0.3, -0.25) is 0 Å². The zero-order valence-corrected chi connectivity index (χ0v) is 11.4. The van der Waals surface area contributed by atoms with Crippen molar-refractivity contribution >= 4 is 27.5 Å². The van der Waals surface area contributed by atoms with E-state index in [0.29, 0.717) is 5.82 Å². The van der Waals surface area contributed by atoms with Gasteiger partial charge in [-0.15, -0.1) is 4.98 Å². The molecule has 0 atom stereocenters. The number of anilines is 1. The number of nitrogens with two attached hydrogens (primary N) is 1. The number of para-hydroxylation sites is 1. The maximum absolute atomic E-state index is 6.14. The van der Waals surface area contributed by atoms with Crippen LogP contribution in [0, 0.1) is 0 Å². The predicted molar refractivity (Wildman–Crippen MR) is 85.7 cm³/mol. The molecule has 0 unspecified atom stereocenters. The van der Waals surface area contributed by atoms with Crippen LogP contribution in [0.1, 0.15) is 0 Å². The van der Waals surface area contributed by atoms with Crippen molar-refractivity contribution in [3.63, 3.8) is 0 Å². The number of benzene rings is 3. The van der Waals surface area contributed by atoms with Crippen LogP contribution in [0.25, 0.3) is 33.1 Å². The lowest BCUT2D eigenvalue weighted by Crippen LogP contribution is -2.16. The van der Waals surface area contributed by atoms with Crippen LogP contribution in [-0.4, -0.2) is 4.98 Å². The third-order valence-corrected chi connectivity index (χ3v) is 3.72. The van der Waals surface area contributed by atoms with Crippen molar-refractivity contribution in [2.75, 3.05) is 5.73 Å². The third kappa shape index (κ3) is 1.91. The Morgan fingerprint density at radius 3 is 2.38 bits per heavy atom. The highest BCUT2D eigenvalue weighted by Crippen LogP contribution is 2.26. The van der Waals surface area contributed by atoms with Crippen molar-refractivity contribution in [1.29, 1.82) is 0 Å². The molecule has 0 fully saturated rings. The summed E-state index contributed by atoms with van der Waals surface area (Å²) in [5, 5.41) is 3.30. The minimum absolute atomic E-state index is 0.642. The van der Waals surface area contributed by atoms with Gasteiger partial charge in [-0.05, 0) is 29.0 Å². The predicted octanol–water partition coefficient (Wildman–Crippen LogP) is 3.45. The lowest BCUT2D eigenvalue weighted by atomic mass is 10.0.